The van der Waals surface area contributed by atoms with Gasteiger partial charge in [-0.15, -0.1) is 12.4 Å². The topological polar surface area (TPSA) is 29.1 Å². The average molecular weight is 546 g/mol. The molecule has 0 bridgehead atoms. The van der Waals surface area contributed by atoms with E-state index in [4.69, 9.17) is 23.2 Å². The van der Waals surface area contributed by atoms with Gasteiger partial charge in [-0.3, -0.25) is 10.1 Å². The fourth-order valence-electron chi connectivity index (χ4n) is 3.78. The minimum atomic E-state index is -2.52. The molecule has 4 aromatic rings. The molecule has 0 atom stereocenters. The second kappa shape index (κ2) is 12.4. The molecule has 0 aliphatic heterocycles. The third kappa shape index (κ3) is 5.51. The van der Waals surface area contributed by atoms with Crippen molar-refractivity contribution in [2.45, 2.75) is 4.90 Å². The molecule has 0 fully saturated rings. The zero-order valence-corrected chi connectivity index (χ0v) is 22.0. The van der Waals surface area contributed by atoms with E-state index in [-0.39, 0.29) is 12.4 Å². The molecule has 0 spiro atoms. The molecule has 1 amide bonds. The molecule has 0 aliphatic rings. The lowest BCUT2D eigenvalue weighted by atomic mass is 10.4. The fourth-order valence-corrected chi connectivity index (χ4v) is 9.83. The van der Waals surface area contributed by atoms with Crippen LogP contribution in [-0.2, 0) is 4.79 Å². The molecule has 0 aliphatic carbocycles. The summed E-state index contributed by atoms with van der Waals surface area (Å²) in [6, 6.07) is 38.3. The quantitative estimate of drug-likeness (QED) is 0.147. The number of amides is 1. The summed E-state index contributed by atoms with van der Waals surface area (Å²) < 4.78 is 0.509. The second-order valence-corrected chi connectivity index (χ2v) is 12.6. The first-order valence-corrected chi connectivity index (χ1v) is 13.6. The van der Waals surface area contributed by atoms with Crippen LogP contribution in [0, 0.1) is 0 Å². The minimum Gasteiger partial charge on any atom is -0.297 e. The first-order valence-electron chi connectivity index (χ1n) is 10.3. The first kappa shape index (κ1) is 26.3. The number of hydrogen-bond donors (Lipinski definition) is 1. The van der Waals surface area contributed by atoms with E-state index in [1.165, 1.54) is 11.8 Å². The summed E-state index contributed by atoms with van der Waals surface area (Å²) in [5.74, 6) is 0. The molecule has 0 saturated heterocycles. The average Bonchev–Trinajstić information content (AvgIpc) is 2.87. The molecule has 34 heavy (non-hydrogen) atoms. The molecule has 1 N–H and O–H groups in total. The summed E-state index contributed by atoms with van der Waals surface area (Å²) in [4.78, 5) is 12.9. The maximum Gasteiger partial charge on any atom is 0.214 e. The molecule has 4 rings (SSSR count). The summed E-state index contributed by atoms with van der Waals surface area (Å²) in [5, 5.41) is 6.97. The Hall–Kier alpha value is -2.26. The Bertz CT molecular complexity index is 1140. The lowest BCUT2D eigenvalue weighted by Crippen LogP contribution is -2.36. The molecule has 0 heterocycles. The van der Waals surface area contributed by atoms with Crippen LogP contribution in [0.4, 0.5) is 0 Å². The van der Waals surface area contributed by atoms with Crippen LogP contribution in [0.15, 0.2) is 130 Å². The lowest BCUT2D eigenvalue weighted by molar-refractivity contribution is -0.108. The number of thioether (sulfide) groups is 1. The first-order chi connectivity index (χ1) is 16.2. The number of carbonyl (C=O) groups is 1. The molecular formula is C27H22Cl3NOPS+. The van der Waals surface area contributed by atoms with Gasteiger partial charge in [0.15, 0.2) is 7.26 Å². The van der Waals surface area contributed by atoms with Gasteiger partial charge in [-0.1, -0.05) is 89.6 Å². The van der Waals surface area contributed by atoms with E-state index in [2.05, 4.69) is 41.7 Å². The third-order valence-electron chi connectivity index (χ3n) is 5.17. The number of nitrogens with one attached hydrogen (secondary N) is 1. The Kier molecular flexibility index (Phi) is 9.64. The Morgan fingerprint density at radius 1 is 0.706 bits per heavy atom. The van der Waals surface area contributed by atoms with Gasteiger partial charge in [-0.25, -0.2) is 0 Å². The number of carbonyl (C=O) groups excluding carboxylic acids is 1. The number of benzene rings is 4. The van der Waals surface area contributed by atoms with Crippen molar-refractivity contribution in [3.63, 3.8) is 0 Å². The zero-order chi connectivity index (χ0) is 23.1. The smallest absolute Gasteiger partial charge is 0.214 e. The van der Waals surface area contributed by atoms with E-state index in [1.54, 1.807) is 0 Å². The van der Waals surface area contributed by atoms with Crippen LogP contribution in [0.2, 0.25) is 5.02 Å². The molecule has 0 aromatic heterocycles. The third-order valence-corrected chi connectivity index (χ3v) is 11.3. The molecule has 7 heteroatoms. The lowest BCUT2D eigenvalue weighted by Gasteiger charge is -2.29. The van der Waals surface area contributed by atoms with Gasteiger partial charge in [0.1, 0.15) is 20.3 Å². The van der Waals surface area contributed by atoms with E-state index < -0.39 is 7.26 Å². The highest BCUT2D eigenvalue weighted by molar-refractivity contribution is 8.06. The van der Waals surface area contributed by atoms with Crippen LogP contribution >= 0.6 is 54.6 Å². The van der Waals surface area contributed by atoms with E-state index in [0.29, 0.717) is 21.2 Å². The number of rotatable bonds is 8. The second-order valence-electron chi connectivity index (χ2n) is 7.12. The van der Waals surface area contributed by atoms with Crippen molar-refractivity contribution in [2.75, 3.05) is 0 Å². The van der Waals surface area contributed by atoms with Gasteiger partial charge in [-0.2, -0.15) is 0 Å². The van der Waals surface area contributed by atoms with Gasteiger partial charge < -0.3 is 0 Å². The number of halogens is 3. The van der Waals surface area contributed by atoms with E-state index in [0.717, 1.165) is 20.8 Å². The van der Waals surface area contributed by atoms with Gasteiger partial charge in [0.2, 0.25) is 11.8 Å². The van der Waals surface area contributed by atoms with Crippen molar-refractivity contribution < 1.29 is 4.79 Å². The molecule has 4 aromatic carbocycles. The van der Waals surface area contributed by atoms with Crippen molar-refractivity contribution >= 4 is 77.0 Å². The summed E-state index contributed by atoms with van der Waals surface area (Å²) in [6.07, 6.45) is 0.712. The highest BCUT2D eigenvalue weighted by atomic mass is 35.5. The van der Waals surface area contributed by atoms with Crippen LogP contribution in [0.5, 0.6) is 0 Å². The van der Waals surface area contributed by atoms with E-state index >= 15 is 0 Å². The molecule has 172 valence electrons. The van der Waals surface area contributed by atoms with Gasteiger partial charge in [0.25, 0.3) is 0 Å². The van der Waals surface area contributed by atoms with E-state index in [1.807, 2.05) is 78.9 Å². The summed E-state index contributed by atoms with van der Waals surface area (Å²) in [6.45, 7) is 0. The van der Waals surface area contributed by atoms with Gasteiger partial charge >= 0.3 is 0 Å². The highest BCUT2D eigenvalue weighted by Gasteiger charge is 2.51. The highest BCUT2D eigenvalue weighted by Crippen LogP contribution is 2.63. The number of hydrogen-bond acceptors (Lipinski definition) is 2. The predicted molar refractivity (Wildman–Crippen MR) is 152 cm³/mol. The maximum absolute atomic E-state index is 11.9. The Labute approximate surface area is 221 Å². The van der Waals surface area contributed by atoms with Crippen LogP contribution < -0.4 is 21.2 Å². The Morgan fingerprint density at radius 2 is 1.12 bits per heavy atom. The van der Waals surface area contributed by atoms with Crippen LogP contribution in [0.3, 0.4) is 0 Å². The normalized spacial score (nSPS) is 11.7. The van der Waals surface area contributed by atoms with Crippen molar-refractivity contribution in [2.24, 2.45) is 0 Å². The van der Waals surface area contributed by atoms with Gasteiger partial charge in [-0.05, 0) is 60.7 Å². The summed E-state index contributed by atoms with van der Waals surface area (Å²) >= 11 is 14.5. The Morgan fingerprint density at radius 3 is 1.50 bits per heavy atom. The molecule has 0 radical (unpaired) electrons. The van der Waals surface area contributed by atoms with Crippen LogP contribution in [0.1, 0.15) is 0 Å². The fraction of sp³-hybridized carbons (Fsp3) is 0. The van der Waals surface area contributed by atoms with Gasteiger partial charge in [0.05, 0.1) is 0 Å². The van der Waals surface area contributed by atoms with Gasteiger partial charge in [0, 0.05) is 9.92 Å². The van der Waals surface area contributed by atoms with Crippen molar-refractivity contribution in [1.82, 2.24) is 5.32 Å². The van der Waals surface area contributed by atoms with Crippen LogP contribution in [-0.4, -0.2) is 6.41 Å². The summed E-state index contributed by atoms with van der Waals surface area (Å²) in [7, 11) is -2.52. The monoisotopic (exact) mass is 544 g/mol. The van der Waals surface area contributed by atoms with Crippen molar-refractivity contribution in [3.05, 3.63) is 130 Å². The molecule has 2 nitrogen and oxygen atoms in total. The largest absolute Gasteiger partial charge is 0.297 e. The van der Waals surface area contributed by atoms with E-state index in [9.17, 15) is 4.79 Å². The Balaban J connectivity index is 0.00000324. The standard InChI is InChI=1S/C27H20Cl2NOPS.ClH/c28-21-16-18-25(19-17-21)33-26(29)27(30-20-31)32(22-10-4-1-5-11-22,23-12-6-2-7-13-23)24-14-8-3-9-15-24;/h1-20H;1H/p+1/b27-26-;. The minimum absolute atomic E-state index is 0. The zero-order valence-electron chi connectivity index (χ0n) is 18.0. The SMILES string of the molecule is Cl.O=CN/C(=C(\Cl)Sc1ccc(Cl)cc1)[P+](c1ccccc1)(c1ccccc1)c1ccccc1. The predicted octanol–water partition coefficient (Wildman–Crippen LogP) is 6.96. The van der Waals surface area contributed by atoms with Crippen LogP contribution in [0.25, 0.3) is 0 Å². The maximum atomic E-state index is 11.9. The van der Waals surface area contributed by atoms with Crippen molar-refractivity contribution in [1.29, 1.82) is 0 Å². The van der Waals surface area contributed by atoms with Crippen molar-refractivity contribution in [3.8, 4) is 0 Å². The molecular weight excluding hydrogens is 524 g/mol. The molecule has 0 saturated carbocycles. The molecule has 0 unspecified atom stereocenters. The summed E-state index contributed by atoms with van der Waals surface area (Å²) in [5.41, 5.74) is 0.697.